The molecule has 2 rings (SSSR count). The number of nitrogens with zero attached hydrogens (tertiary/aromatic N) is 2. The third-order valence-electron chi connectivity index (χ3n) is 4.41. The fourth-order valence-corrected chi connectivity index (χ4v) is 3.11. The third kappa shape index (κ3) is 10.1. The van der Waals surface area contributed by atoms with E-state index in [2.05, 4.69) is 20.4 Å². The van der Waals surface area contributed by atoms with Crippen LogP contribution >= 0.6 is 24.0 Å². The smallest absolute Gasteiger partial charge is 0.401 e. The highest BCUT2D eigenvalue weighted by Crippen LogP contribution is 2.27. The molecule has 1 aromatic rings. The summed E-state index contributed by atoms with van der Waals surface area (Å²) in [4.78, 5) is 5.38. The molecule has 12 heteroatoms. The lowest BCUT2D eigenvalue weighted by atomic mass is 10.2. The molecule has 0 aliphatic carbocycles. The number of hydrogen-bond donors (Lipinski definition) is 2. The number of guanidine groups is 1. The number of alkyl halides is 5. The monoisotopic (exact) mass is 566 g/mol. The van der Waals surface area contributed by atoms with Crippen molar-refractivity contribution in [1.29, 1.82) is 0 Å². The van der Waals surface area contributed by atoms with Crippen molar-refractivity contribution in [2.24, 2.45) is 4.99 Å². The second-order valence-corrected chi connectivity index (χ2v) is 6.90. The number of ether oxygens (including phenoxy) is 2. The van der Waals surface area contributed by atoms with Gasteiger partial charge in [0.15, 0.2) is 5.96 Å². The molecule has 31 heavy (non-hydrogen) atoms. The van der Waals surface area contributed by atoms with Crippen LogP contribution in [0.2, 0.25) is 0 Å². The molecule has 1 unspecified atom stereocenters. The zero-order valence-electron chi connectivity index (χ0n) is 17.3. The zero-order valence-corrected chi connectivity index (χ0v) is 19.7. The van der Waals surface area contributed by atoms with Gasteiger partial charge >= 0.3 is 12.8 Å². The molecule has 0 radical (unpaired) electrons. The minimum absolute atomic E-state index is 0. The number of likely N-dealkylation sites (tertiary alicyclic amines) is 1. The van der Waals surface area contributed by atoms with Gasteiger partial charge in [-0.2, -0.15) is 22.0 Å². The van der Waals surface area contributed by atoms with Crippen molar-refractivity contribution in [2.75, 3.05) is 33.3 Å². The van der Waals surface area contributed by atoms with Crippen LogP contribution in [0.25, 0.3) is 0 Å². The van der Waals surface area contributed by atoms with E-state index in [0.717, 1.165) is 6.42 Å². The highest BCUT2D eigenvalue weighted by Gasteiger charge is 2.34. The van der Waals surface area contributed by atoms with E-state index in [1.807, 2.05) is 6.92 Å². The van der Waals surface area contributed by atoms with Gasteiger partial charge in [-0.05, 0) is 25.0 Å². The Labute approximate surface area is 195 Å². The summed E-state index contributed by atoms with van der Waals surface area (Å²) in [5, 5.41) is 6.05. The molecule has 6 nitrogen and oxygen atoms in total. The summed E-state index contributed by atoms with van der Waals surface area (Å²) >= 11 is 0. The van der Waals surface area contributed by atoms with E-state index >= 15 is 0 Å². The number of hydrogen-bond acceptors (Lipinski definition) is 4. The number of aliphatic imine (C=N–C) groups is 1. The Hall–Kier alpha value is -1.57. The molecule has 1 saturated heterocycles. The Morgan fingerprint density at radius 2 is 2.06 bits per heavy atom. The second kappa shape index (κ2) is 13.1. The van der Waals surface area contributed by atoms with Gasteiger partial charge in [0.05, 0.1) is 13.2 Å². The largest absolute Gasteiger partial charge is 0.493 e. The molecule has 1 fully saturated rings. The standard InChI is InChI=1S/C19H27F5N4O2.HI/c1-3-8-29-15-5-4-13(16(9-15)30-17(20)21)10-26-18(25-2)27-14-6-7-28(11-14)12-19(22,23)24;/h4-5,9,14,17H,3,6-8,10-12H2,1-2H3,(H2,25,26,27);1H. The van der Waals surface area contributed by atoms with E-state index in [1.54, 1.807) is 12.1 Å². The van der Waals surface area contributed by atoms with Crippen molar-refractivity contribution >= 4 is 29.9 Å². The van der Waals surface area contributed by atoms with Crippen LogP contribution in [0.5, 0.6) is 11.5 Å². The molecule has 1 aliphatic rings. The molecule has 0 bridgehead atoms. The first kappa shape index (κ1) is 27.5. The number of halogens is 6. The lowest BCUT2D eigenvalue weighted by Crippen LogP contribution is -2.44. The molecule has 0 aromatic heterocycles. The lowest BCUT2D eigenvalue weighted by molar-refractivity contribution is -0.143. The summed E-state index contributed by atoms with van der Waals surface area (Å²) in [5.41, 5.74) is 0.465. The van der Waals surface area contributed by atoms with Gasteiger partial charge in [0.1, 0.15) is 11.5 Å². The van der Waals surface area contributed by atoms with Gasteiger partial charge in [0.2, 0.25) is 0 Å². The third-order valence-corrected chi connectivity index (χ3v) is 4.41. The van der Waals surface area contributed by atoms with E-state index < -0.39 is 19.3 Å². The quantitative estimate of drug-likeness (QED) is 0.205. The van der Waals surface area contributed by atoms with Crippen LogP contribution in [0.15, 0.2) is 23.2 Å². The second-order valence-electron chi connectivity index (χ2n) is 6.90. The van der Waals surface area contributed by atoms with E-state index in [4.69, 9.17) is 4.74 Å². The first-order valence-electron chi connectivity index (χ1n) is 9.67. The first-order chi connectivity index (χ1) is 14.2. The number of nitrogens with one attached hydrogen (secondary N) is 2. The molecular formula is C19H28F5IN4O2. The topological polar surface area (TPSA) is 58.1 Å². The molecule has 0 amide bonds. The van der Waals surface area contributed by atoms with Crippen molar-refractivity contribution in [2.45, 2.75) is 45.1 Å². The summed E-state index contributed by atoms with van der Waals surface area (Å²) in [7, 11) is 1.52. The van der Waals surface area contributed by atoms with Crippen LogP contribution in [-0.4, -0.2) is 63.0 Å². The summed E-state index contributed by atoms with van der Waals surface area (Å²) in [6.07, 6.45) is -2.92. The summed E-state index contributed by atoms with van der Waals surface area (Å²) in [6, 6.07) is 4.48. The average Bonchev–Trinajstić information content (AvgIpc) is 3.08. The molecule has 1 aliphatic heterocycles. The Kier molecular flexibility index (Phi) is 11.6. The summed E-state index contributed by atoms with van der Waals surface area (Å²) in [5.74, 6) is 0.774. The Morgan fingerprint density at radius 3 is 2.68 bits per heavy atom. The molecule has 0 spiro atoms. The molecule has 1 aromatic carbocycles. The van der Waals surface area contributed by atoms with Crippen LogP contribution in [0.4, 0.5) is 22.0 Å². The maximum Gasteiger partial charge on any atom is 0.401 e. The molecule has 1 heterocycles. The first-order valence-corrected chi connectivity index (χ1v) is 9.67. The Morgan fingerprint density at radius 1 is 1.32 bits per heavy atom. The SMILES string of the molecule is CCCOc1ccc(CNC(=NC)NC2CCN(CC(F)(F)F)C2)c(OC(F)F)c1.I. The van der Waals surface area contributed by atoms with Gasteiger partial charge in [-0.25, -0.2) is 0 Å². The minimum atomic E-state index is -4.23. The summed E-state index contributed by atoms with van der Waals surface area (Å²) < 4.78 is 73.2. The van der Waals surface area contributed by atoms with Crippen molar-refractivity contribution in [1.82, 2.24) is 15.5 Å². The highest BCUT2D eigenvalue weighted by atomic mass is 127. The van der Waals surface area contributed by atoms with Crippen molar-refractivity contribution in [3.05, 3.63) is 23.8 Å². The van der Waals surface area contributed by atoms with Crippen LogP contribution in [0.3, 0.4) is 0 Å². The average molecular weight is 566 g/mol. The fraction of sp³-hybridized carbons (Fsp3) is 0.632. The van der Waals surface area contributed by atoms with Crippen LogP contribution in [0, 0.1) is 0 Å². The van der Waals surface area contributed by atoms with Crippen LogP contribution < -0.4 is 20.1 Å². The molecule has 2 N–H and O–H groups in total. The Balaban J connectivity index is 0.00000480. The van der Waals surface area contributed by atoms with Gasteiger partial charge < -0.3 is 20.1 Å². The van der Waals surface area contributed by atoms with Crippen molar-refractivity contribution in [3.8, 4) is 11.5 Å². The van der Waals surface area contributed by atoms with E-state index in [0.29, 0.717) is 36.8 Å². The summed E-state index contributed by atoms with van der Waals surface area (Å²) in [6.45, 7) is -0.841. The predicted octanol–water partition coefficient (Wildman–Crippen LogP) is 4.00. The van der Waals surface area contributed by atoms with Gasteiger partial charge in [-0.3, -0.25) is 9.89 Å². The molecular weight excluding hydrogens is 538 g/mol. The van der Waals surface area contributed by atoms with Gasteiger partial charge in [-0.15, -0.1) is 24.0 Å². The maximum atomic E-state index is 12.8. The normalized spacial score (nSPS) is 17.4. The van der Waals surface area contributed by atoms with E-state index in [9.17, 15) is 22.0 Å². The predicted molar refractivity (Wildman–Crippen MR) is 119 cm³/mol. The molecule has 0 saturated carbocycles. The molecule has 178 valence electrons. The van der Waals surface area contributed by atoms with Gasteiger partial charge in [0, 0.05) is 44.4 Å². The van der Waals surface area contributed by atoms with Crippen molar-refractivity contribution in [3.63, 3.8) is 0 Å². The van der Waals surface area contributed by atoms with Gasteiger partial charge in [0.25, 0.3) is 0 Å². The van der Waals surface area contributed by atoms with E-state index in [1.165, 1.54) is 18.0 Å². The van der Waals surface area contributed by atoms with E-state index in [-0.39, 0.29) is 48.9 Å². The maximum absolute atomic E-state index is 12.8. The molecule has 1 atom stereocenters. The van der Waals surface area contributed by atoms with Crippen LogP contribution in [0.1, 0.15) is 25.3 Å². The Bertz CT molecular complexity index is 706. The number of rotatable bonds is 9. The number of benzene rings is 1. The zero-order chi connectivity index (χ0) is 22.1. The highest BCUT2D eigenvalue weighted by molar-refractivity contribution is 14.0. The van der Waals surface area contributed by atoms with Gasteiger partial charge in [-0.1, -0.05) is 6.92 Å². The van der Waals surface area contributed by atoms with Crippen molar-refractivity contribution < 1.29 is 31.4 Å². The minimum Gasteiger partial charge on any atom is -0.493 e. The van der Waals surface area contributed by atoms with Crippen LogP contribution in [-0.2, 0) is 6.54 Å². The lowest BCUT2D eigenvalue weighted by Gasteiger charge is -2.20. The fourth-order valence-electron chi connectivity index (χ4n) is 3.11.